The topological polar surface area (TPSA) is 67.4 Å². The lowest BCUT2D eigenvalue weighted by Gasteiger charge is -2.18. The van der Waals surface area contributed by atoms with Crippen molar-refractivity contribution in [2.45, 2.75) is 0 Å². The quantitative estimate of drug-likeness (QED) is 0.770. The normalized spacial score (nSPS) is 12.9. The smallest absolute Gasteiger partial charge is 0.262 e. The summed E-state index contributed by atoms with van der Waals surface area (Å²) in [4.78, 5) is 23.5. The predicted molar refractivity (Wildman–Crippen MR) is 87.7 cm³/mol. The summed E-state index contributed by atoms with van der Waals surface area (Å²) in [6.45, 7) is -0.0331. The zero-order valence-electron chi connectivity index (χ0n) is 10.9. The highest BCUT2D eigenvalue weighted by atomic mass is 127. The van der Waals surface area contributed by atoms with Gasteiger partial charge in [0.05, 0.1) is 11.4 Å². The van der Waals surface area contributed by atoms with Gasteiger partial charge in [-0.3, -0.25) is 9.59 Å². The molecule has 0 aliphatic carbocycles. The summed E-state index contributed by atoms with van der Waals surface area (Å²) >= 11 is 2.16. The summed E-state index contributed by atoms with van der Waals surface area (Å²) < 4.78 is 6.27. The molecule has 0 fully saturated rings. The highest BCUT2D eigenvalue weighted by Gasteiger charge is 2.18. The van der Waals surface area contributed by atoms with E-state index in [0.29, 0.717) is 17.0 Å². The number of hydrogen-bond acceptors (Lipinski definition) is 3. The highest BCUT2D eigenvalue weighted by molar-refractivity contribution is 14.1. The molecule has 6 heteroatoms. The Morgan fingerprint density at radius 2 is 2.05 bits per heavy atom. The van der Waals surface area contributed by atoms with Gasteiger partial charge in [0.2, 0.25) is 0 Å². The van der Waals surface area contributed by atoms with Crippen LogP contribution in [-0.2, 0) is 4.79 Å². The molecule has 0 saturated heterocycles. The van der Waals surface area contributed by atoms with Crippen LogP contribution in [0.15, 0.2) is 42.5 Å². The minimum absolute atomic E-state index is 0.0331. The van der Waals surface area contributed by atoms with Crippen LogP contribution in [0.25, 0.3) is 0 Å². The predicted octanol–water partition coefficient (Wildman–Crippen LogP) is 2.87. The van der Waals surface area contributed by atoms with Crippen molar-refractivity contribution in [1.29, 1.82) is 0 Å². The molecule has 2 amide bonds. The molecule has 1 aliphatic rings. The van der Waals surface area contributed by atoms with E-state index in [1.165, 1.54) is 0 Å². The minimum atomic E-state index is -0.220. The number of rotatable bonds is 2. The molecule has 2 aromatic rings. The third-order valence-corrected chi connectivity index (χ3v) is 3.94. The average molecular weight is 394 g/mol. The standard InChI is InChI=1S/C15H11IN2O3/c16-10-3-1-2-4-11(10)18-15(20)9-5-6-12-13(7-9)21-8-14(19)17-12/h1-7H,8H2,(H,17,19)(H,18,20). The van der Waals surface area contributed by atoms with E-state index in [9.17, 15) is 9.59 Å². The first kappa shape index (κ1) is 13.9. The summed E-state index contributed by atoms with van der Waals surface area (Å²) in [5.41, 5.74) is 1.82. The van der Waals surface area contributed by atoms with Crippen LogP contribution in [0, 0.1) is 3.57 Å². The molecule has 5 nitrogen and oxygen atoms in total. The van der Waals surface area contributed by atoms with Crippen LogP contribution in [0.4, 0.5) is 11.4 Å². The van der Waals surface area contributed by atoms with E-state index >= 15 is 0 Å². The lowest BCUT2D eigenvalue weighted by molar-refractivity contribution is -0.118. The number of carbonyl (C=O) groups excluding carboxylic acids is 2. The van der Waals surface area contributed by atoms with E-state index in [-0.39, 0.29) is 18.4 Å². The second-order valence-corrected chi connectivity index (χ2v) is 5.64. The fourth-order valence-electron chi connectivity index (χ4n) is 1.97. The Morgan fingerprint density at radius 1 is 1.24 bits per heavy atom. The van der Waals surface area contributed by atoms with Gasteiger partial charge in [0, 0.05) is 9.13 Å². The van der Waals surface area contributed by atoms with Crippen molar-refractivity contribution in [3.8, 4) is 5.75 Å². The number of carbonyl (C=O) groups is 2. The van der Waals surface area contributed by atoms with E-state index < -0.39 is 0 Å². The van der Waals surface area contributed by atoms with Crippen molar-refractivity contribution in [2.75, 3.05) is 17.2 Å². The SMILES string of the molecule is O=C1COc2cc(C(=O)Nc3ccccc3I)ccc2N1. The largest absolute Gasteiger partial charge is 0.482 e. The first-order chi connectivity index (χ1) is 10.1. The van der Waals surface area contributed by atoms with Crippen molar-refractivity contribution in [1.82, 2.24) is 0 Å². The van der Waals surface area contributed by atoms with Gasteiger partial charge in [-0.15, -0.1) is 0 Å². The second kappa shape index (κ2) is 5.72. The molecule has 106 valence electrons. The Labute approximate surface area is 134 Å². The van der Waals surface area contributed by atoms with Crippen LogP contribution < -0.4 is 15.4 Å². The number of hydrogen-bond donors (Lipinski definition) is 2. The van der Waals surface area contributed by atoms with Crippen molar-refractivity contribution >= 4 is 45.8 Å². The van der Waals surface area contributed by atoms with Crippen LogP contribution in [-0.4, -0.2) is 18.4 Å². The molecule has 0 aromatic heterocycles. The van der Waals surface area contributed by atoms with Crippen molar-refractivity contribution in [2.24, 2.45) is 0 Å². The number of ether oxygens (including phenoxy) is 1. The third-order valence-electron chi connectivity index (χ3n) is 3.00. The number of fused-ring (bicyclic) bond motifs is 1. The molecule has 21 heavy (non-hydrogen) atoms. The molecule has 1 heterocycles. The number of nitrogens with one attached hydrogen (secondary N) is 2. The molecule has 3 rings (SSSR count). The van der Waals surface area contributed by atoms with Crippen LogP contribution >= 0.6 is 22.6 Å². The van der Waals surface area contributed by atoms with Gasteiger partial charge in [0.1, 0.15) is 5.75 Å². The maximum absolute atomic E-state index is 12.3. The lowest BCUT2D eigenvalue weighted by Crippen LogP contribution is -2.25. The molecule has 2 aromatic carbocycles. The second-order valence-electron chi connectivity index (χ2n) is 4.48. The number of benzene rings is 2. The van der Waals surface area contributed by atoms with Gasteiger partial charge in [-0.2, -0.15) is 0 Å². The van der Waals surface area contributed by atoms with Gasteiger partial charge in [0.15, 0.2) is 6.61 Å². The summed E-state index contributed by atoms with van der Waals surface area (Å²) in [5.74, 6) is 0.0889. The lowest BCUT2D eigenvalue weighted by atomic mass is 10.1. The Bertz CT molecular complexity index is 731. The summed E-state index contributed by atoms with van der Waals surface area (Å²) in [5, 5.41) is 5.54. The minimum Gasteiger partial charge on any atom is -0.482 e. The van der Waals surface area contributed by atoms with E-state index in [0.717, 1.165) is 9.26 Å². The Kier molecular flexibility index (Phi) is 3.78. The Balaban J connectivity index is 1.83. The fourth-order valence-corrected chi connectivity index (χ4v) is 2.50. The zero-order chi connectivity index (χ0) is 14.8. The molecule has 0 atom stereocenters. The maximum atomic E-state index is 12.3. The average Bonchev–Trinajstić information content (AvgIpc) is 2.49. The van der Waals surface area contributed by atoms with Gasteiger partial charge in [-0.05, 0) is 52.9 Å². The van der Waals surface area contributed by atoms with Crippen molar-refractivity contribution in [3.05, 3.63) is 51.6 Å². The van der Waals surface area contributed by atoms with E-state index in [1.807, 2.05) is 24.3 Å². The number of anilines is 2. The molecule has 2 N–H and O–H groups in total. The third kappa shape index (κ3) is 2.99. The van der Waals surface area contributed by atoms with Gasteiger partial charge in [-0.25, -0.2) is 0 Å². The van der Waals surface area contributed by atoms with Gasteiger partial charge >= 0.3 is 0 Å². The molecule has 1 aliphatic heterocycles. The molecule has 0 radical (unpaired) electrons. The fraction of sp³-hybridized carbons (Fsp3) is 0.0667. The Hall–Kier alpha value is -2.09. The zero-order valence-corrected chi connectivity index (χ0v) is 13.0. The van der Waals surface area contributed by atoms with Crippen LogP contribution in [0.3, 0.4) is 0 Å². The first-order valence-corrected chi connectivity index (χ1v) is 7.34. The number of halogens is 1. The van der Waals surface area contributed by atoms with E-state index in [4.69, 9.17) is 4.74 Å². The van der Waals surface area contributed by atoms with E-state index in [1.54, 1.807) is 18.2 Å². The van der Waals surface area contributed by atoms with Gasteiger partial charge < -0.3 is 15.4 Å². The van der Waals surface area contributed by atoms with Crippen LogP contribution in [0.2, 0.25) is 0 Å². The summed E-state index contributed by atoms with van der Waals surface area (Å²) in [7, 11) is 0. The number of para-hydroxylation sites is 1. The highest BCUT2D eigenvalue weighted by Crippen LogP contribution is 2.29. The Morgan fingerprint density at radius 3 is 2.86 bits per heavy atom. The van der Waals surface area contributed by atoms with Crippen LogP contribution in [0.5, 0.6) is 5.75 Å². The first-order valence-electron chi connectivity index (χ1n) is 6.26. The molecule has 0 unspecified atom stereocenters. The van der Waals surface area contributed by atoms with Crippen LogP contribution in [0.1, 0.15) is 10.4 Å². The molecule has 0 saturated carbocycles. The van der Waals surface area contributed by atoms with Crippen molar-refractivity contribution in [3.63, 3.8) is 0 Å². The van der Waals surface area contributed by atoms with Gasteiger partial charge in [-0.1, -0.05) is 12.1 Å². The maximum Gasteiger partial charge on any atom is 0.262 e. The molecule has 0 bridgehead atoms. The molecular formula is C15H11IN2O3. The monoisotopic (exact) mass is 394 g/mol. The number of amides is 2. The molecular weight excluding hydrogens is 383 g/mol. The summed E-state index contributed by atoms with van der Waals surface area (Å²) in [6.07, 6.45) is 0. The van der Waals surface area contributed by atoms with Gasteiger partial charge in [0.25, 0.3) is 11.8 Å². The van der Waals surface area contributed by atoms with Crippen molar-refractivity contribution < 1.29 is 14.3 Å². The molecule has 0 spiro atoms. The van der Waals surface area contributed by atoms with E-state index in [2.05, 4.69) is 33.2 Å². The summed E-state index contributed by atoms with van der Waals surface area (Å²) in [6, 6.07) is 12.5.